The minimum Gasteiger partial charge on any atom is -0.347 e. The van der Waals surface area contributed by atoms with Gasteiger partial charge in [-0.15, -0.1) is 0 Å². The first-order chi connectivity index (χ1) is 12.2. The minimum absolute atomic E-state index is 0.0796. The van der Waals surface area contributed by atoms with Crippen molar-refractivity contribution in [3.63, 3.8) is 0 Å². The van der Waals surface area contributed by atoms with Crippen LogP contribution in [-0.4, -0.2) is 11.9 Å². The van der Waals surface area contributed by atoms with Crippen molar-refractivity contribution >= 4 is 5.91 Å². The third-order valence-electron chi connectivity index (χ3n) is 5.26. The van der Waals surface area contributed by atoms with Gasteiger partial charge in [0.15, 0.2) is 0 Å². The molecule has 0 saturated heterocycles. The quantitative estimate of drug-likeness (QED) is 0.730. The molecule has 1 unspecified atom stereocenters. The molecule has 0 aliphatic heterocycles. The van der Waals surface area contributed by atoms with E-state index >= 15 is 0 Å². The molecule has 7 heteroatoms. The highest BCUT2D eigenvalue weighted by molar-refractivity contribution is 5.80. The molecule has 1 amide bonds. The number of carbonyl (C=O) groups is 1. The molecule has 1 aliphatic carbocycles. The molecule has 1 aromatic carbocycles. The third-order valence-corrected chi connectivity index (χ3v) is 5.26. The van der Waals surface area contributed by atoms with Gasteiger partial charge < -0.3 is 11.1 Å². The van der Waals surface area contributed by atoms with E-state index in [2.05, 4.69) is 5.32 Å². The molecule has 0 heterocycles. The summed E-state index contributed by atoms with van der Waals surface area (Å²) in [4.78, 5) is 12.7. The van der Waals surface area contributed by atoms with Gasteiger partial charge in [-0.3, -0.25) is 4.79 Å². The summed E-state index contributed by atoms with van der Waals surface area (Å²) in [6.45, 7) is 5.64. The van der Waals surface area contributed by atoms with Crippen molar-refractivity contribution in [3.8, 4) is 0 Å². The van der Waals surface area contributed by atoms with Gasteiger partial charge in [-0.1, -0.05) is 18.9 Å². The standard InChI is InChI=1S/C20H28F4N2O/c1-18(2,21)12-9-13(11-14(10-12)20(22,23)24)19(3,4)26-17(27)15-7-5-6-8-16(15)25/h9-11,15-16H,5-8,25H2,1-4H3,(H,26,27)/t15?,16-/m0/s1. The molecule has 0 spiro atoms. The van der Waals surface area contributed by atoms with Crippen LogP contribution in [0, 0.1) is 5.92 Å². The van der Waals surface area contributed by atoms with Crippen LogP contribution in [-0.2, 0) is 22.2 Å². The first-order valence-corrected chi connectivity index (χ1v) is 9.21. The second kappa shape index (κ2) is 7.41. The van der Waals surface area contributed by atoms with Gasteiger partial charge in [0, 0.05) is 6.04 Å². The lowest BCUT2D eigenvalue weighted by atomic mass is 9.82. The van der Waals surface area contributed by atoms with Crippen molar-refractivity contribution in [2.24, 2.45) is 11.7 Å². The van der Waals surface area contributed by atoms with Gasteiger partial charge in [0.1, 0.15) is 5.67 Å². The van der Waals surface area contributed by atoms with E-state index in [4.69, 9.17) is 5.73 Å². The zero-order chi connectivity index (χ0) is 20.6. The molecular formula is C20H28F4N2O. The number of benzene rings is 1. The predicted molar refractivity (Wildman–Crippen MR) is 96.7 cm³/mol. The molecule has 0 aromatic heterocycles. The van der Waals surface area contributed by atoms with E-state index in [0.29, 0.717) is 6.42 Å². The summed E-state index contributed by atoms with van der Waals surface area (Å²) >= 11 is 0. The Balaban J connectivity index is 2.37. The predicted octanol–water partition coefficient (Wildman–Crippen LogP) is 4.78. The third kappa shape index (κ3) is 5.21. The van der Waals surface area contributed by atoms with Gasteiger partial charge in [0.05, 0.1) is 17.0 Å². The van der Waals surface area contributed by atoms with E-state index in [9.17, 15) is 22.4 Å². The Morgan fingerprint density at radius 3 is 2.00 bits per heavy atom. The Morgan fingerprint density at radius 2 is 1.48 bits per heavy atom. The van der Waals surface area contributed by atoms with Crippen LogP contribution in [0.15, 0.2) is 18.2 Å². The number of amides is 1. The number of alkyl halides is 4. The first-order valence-electron chi connectivity index (χ1n) is 9.21. The van der Waals surface area contributed by atoms with Crippen molar-refractivity contribution < 1.29 is 22.4 Å². The average Bonchev–Trinajstić information content (AvgIpc) is 2.52. The molecule has 1 saturated carbocycles. The molecule has 3 nitrogen and oxygen atoms in total. The Morgan fingerprint density at radius 1 is 0.963 bits per heavy atom. The van der Waals surface area contributed by atoms with E-state index < -0.39 is 22.9 Å². The molecular weight excluding hydrogens is 360 g/mol. The largest absolute Gasteiger partial charge is 0.416 e. The van der Waals surface area contributed by atoms with Crippen LogP contribution >= 0.6 is 0 Å². The Bertz CT molecular complexity index is 660. The highest BCUT2D eigenvalue weighted by Gasteiger charge is 2.37. The summed E-state index contributed by atoms with van der Waals surface area (Å²) in [6, 6.07) is 2.92. The van der Waals surface area contributed by atoms with Crippen LogP contribution in [0.2, 0.25) is 0 Å². The molecule has 2 rings (SSSR count). The first kappa shape index (κ1) is 21.7. The molecule has 1 fully saturated rings. The van der Waals surface area contributed by atoms with E-state index in [1.807, 2.05) is 0 Å². The van der Waals surface area contributed by atoms with Gasteiger partial charge in [-0.25, -0.2) is 4.39 Å². The molecule has 2 atom stereocenters. The normalized spacial score (nSPS) is 21.8. The molecule has 152 valence electrons. The van der Waals surface area contributed by atoms with Crippen molar-refractivity contribution in [1.29, 1.82) is 0 Å². The highest BCUT2D eigenvalue weighted by Crippen LogP contribution is 2.37. The monoisotopic (exact) mass is 388 g/mol. The maximum absolute atomic E-state index is 14.4. The minimum atomic E-state index is -4.61. The summed E-state index contributed by atoms with van der Waals surface area (Å²) in [5.41, 5.74) is 2.19. The number of nitrogens with two attached hydrogens (primary N) is 1. The SMILES string of the molecule is CC(C)(F)c1cc(C(F)(F)F)cc(C(C)(C)NC(=O)C2CCCC[C@@H]2N)c1. The zero-order valence-electron chi connectivity index (χ0n) is 16.2. The molecule has 1 aliphatic rings. The van der Waals surface area contributed by atoms with Gasteiger partial charge in [0.25, 0.3) is 0 Å². The van der Waals surface area contributed by atoms with Crippen LogP contribution in [0.25, 0.3) is 0 Å². The van der Waals surface area contributed by atoms with Crippen molar-refractivity contribution in [2.75, 3.05) is 0 Å². The number of hydrogen-bond acceptors (Lipinski definition) is 2. The fraction of sp³-hybridized carbons (Fsp3) is 0.650. The maximum atomic E-state index is 14.4. The zero-order valence-corrected chi connectivity index (χ0v) is 16.2. The van der Waals surface area contributed by atoms with Gasteiger partial charge in [0.2, 0.25) is 5.91 Å². The van der Waals surface area contributed by atoms with Gasteiger partial charge >= 0.3 is 6.18 Å². The molecule has 27 heavy (non-hydrogen) atoms. The van der Waals surface area contributed by atoms with Gasteiger partial charge in [-0.05, 0) is 63.8 Å². The Kier molecular flexibility index (Phi) is 5.95. The van der Waals surface area contributed by atoms with Gasteiger partial charge in [-0.2, -0.15) is 13.2 Å². The molecule has 3 N–H and O–H groups in total. The summed E-state index contributed by atoms with van der Waals surface area (Å²) < 4.78 is 54.3. The summed E-state index contributed by atoms with van der Waals surface area (Å²) in [7, 11) is 0. The van der Waals surface area contributed by atoms with E-state index in [-0.39, 0.29) is 29.0 Å². The number of carbonyl (C=O) groups excluding carboxylic acids is 1. The topological polar surface area (TPSA) is 55.1 Å². The second-order valence-corrected chi connectivity index (χ2v) is 8.44. The van der Waals surface area contributed by atoms with E-state index in [1.54, 1.807) is 13.8 Å². The Labute approximate surface area is 157 Å². The van der Waals surface area contributed by atoms with Crippen LogP contribution in [0.3, 0.4) is 0 Å². The average molecular weight is 388 g/mol. The fourth-order valence-corrected chi connectivity index (χ4v) is 3.45. The van der Waals surface area contributed by atoms with Crippen molar-refractivity contribution in [2.45, 2.75) is 76.8 Å². The maximum Gasteiger partial charge on any atom is 0.416 e. The number of hydrogen-bond donors (Lipinski definition) is 2. The lowest BCUT2D eigenvalue weighted by Crippen LogP contribution is -2.49. The number of halogens is 4. The van der Waals surface area contributed by atoms with Crippen molar-refractivity contribution in [3.05, 3.63) is 34.9 Å². The highest BCUT2D eigenvalue weighted by atomic mass is 19.4. The van der Waals surface area contributed by atoms with Crippen molar-refractivity contribution in [1.82, 2.24) is 5.32 Å². The van der Waals surface area contributed by atoms with E-state index in [0.717, 1.165) is 31.4 Å². The van der Waals surface area contributed by atoms with Crippen LogP contribution in [0.5, 0.6) is 0 Å². The molecule has 1 aromatic rings. The second-order valence-electron chi connectivity index (χ2n) is 8.44. The molecule has 0 bridgehead atoms. The van der Waals surface area contributed by atoms with Crippen LogP contribution in [0.4, 0.5) is 17.6 Å². The van der Waals surface area contributed by atoms with E-state index in [1.165, 1.54) is 19.9 Å². The lowest BCUT2D eigenvalue weighted by molar-refractivity contribution is -0.137. The Hall–Kier alpha value is -1.63. The number of nitrogens with one attached hydrogen (secondary N) is 1. The molecule has 0 radical (unpaired) electrons. The number of rotatable bonds is 4. The summed E-state index contributed by atoms with van der Waals surface area (Å²) in [5.74, 6) is -0.633. The van der Waals surface area contributed by atoms with Crippen LogP contribution < -0.4 is 11.1 Å². The summed E-state index contributed by atoms with van der Waals surface area (Å²) in [6.07, 6.45) is -1.33. The smallest absolute Gasteiger partial charge is 0.347 e. The summed E-state index contributed by atoms with van der Waals surface area (Å²) in [5, 5.41) is 2.82. The van der Waals surface area contributed by atoms with Crippen LogP contribution in [0.1, 0.15) is 70.1 Å². The lowest BCUT2D eigenvalue weighted by Gasteiger charge is -2.34. The fourth-order valence-electron chi connectivity index (χ4n) is 3.45.